The number of nitrogens with two attached hydrogens (primary N) is 1. The van der Waals surface area contributed by atoms with Gasteiger partial charge in [0.1, 0.15) is 0 Å². The molecule has 0 radical (unpaired) electrons. The van der Waals surface area contributed by atoms with E-state index in [9.17, 15) is 4.21 Å². The molecule has 0 bridgehead atoms. The van der Waals surface area contributed by atoms with Crippen molar-refractivity contribution >= 4 is 32.4 Å². The van der Waals surface area contributed by atoms with E-state index in [1.807, 2.05) is 48.5 Å². The zero-order valence-corrected chi connectivity index (χ0v) is 11.5. The summed E-state index contributed by atoms with van der Waals surface area (Å²) >= 11 is 3.40. The summed E-state index contributed by atoms with van der Waals surface area (Å²) in [5.41, 5.74) is 7.44. The second kappa shape index (κ2) is 5.47. The van der Waals surface area contributed by atoms with Crippen molar-refractivity contribution < 1.29 is 4.21 Å². The molecule has 0 saturated heterocycles. The minimum Gasteiger partial charge on any atom is -0.398 e. The topological polar surface area (TPSA) is 43.1 Å². The summed E-state index contributed by atoms with van der Waals surface area (Å²) in [5, 5.41) is 0. The van der Waals surface area contributed by atoms with Gasteiger partial charge in [0.25, 0.3) is 0 Å². The van der Waals surface area contributed by atoms with E-state index in [4.69, 9.17) is 5.73 Å². The van der Waals surface area contributed by atoms with Crippen LogP contribution in [0.15, 0.2) is 57.9 Å². The molecule has 2 rings (SSSR count). The van der Waals surface area contributed by atoms with E-state index in [0.717, 1.165) is 14.9 Å². The molecule has 0 aliphatic rings. The van der Waals surface area contributed by atoms with Gasteiger partial charge in [0.15, 0.2) is 0 Å². The Labute approximate surface area is 111 Å². The number of benzene rings is 2. The van der Waals surface area contributed by atoms with Gasteiger partial charge < -0.3 is 5.73 Å². The Morgan fingerprint density at radius 1 is 1.06 bits per heavy atom. The first-order valence-electron chi connectivity index (χ1n) is 5.15. The molecule has 0 aliphatic heterocycles. The zero-order valence-electron chi connectivity index (χ0n) is 9.10. The van der Waals surface area contributed by atoms with Gasteiger partial charge in [-0.1, -0.05) is 30.3 Å². The lowest BCUT2D eigenvalue weighted by molar-refractivity contribution is 0.682. The summed E-state index contributed by atoms with van der Waals surface area (Å²) in [6.45, 7) is 0. The quantitative estimate of drug-likeness (QED) is 0.884. The zero-order chi connectivity index (χ0) is 12.3. The number of rotatable bonds is 3. The van der Waals surface area contributed by atoms with Crippen molar-refractivity contribution in [2.75, 3.05) is 5.73 Å². The number of hydrogen-bond acceptors (Lipinski definition) is 2. The Hall–Kier alpha value is -1.13. The van der Waals surface area contributed by atoms with Gasteiger partial charge in [-0.05, 0) is 39.7 Å². The van der Waals surface area contributed by atoms with Crippen LogP contribution >= 0.6 is 15.9 Å². The SMILES string of the molecule is Nc1ccccc1CS(=O)c1ccccc1Br. The molecule has 0 saturated carbocycles. The predicted octanol–water partition coefficient (Wildman–Crippen LogP) is 3.34. The number of anilines is 1. The molecule has 0 fully saturated rings. The molecule has 0 amide bonds. The fourth-order valence-electron chi connectivity index (χ4n) is 1.51. The fourth-order valence-corrected chi connectivity index (χ4v) is 3.56. The average Bonchev–Trinajstić information content (AvgIpc) is 2.32. The first-order valence-corrected chi connectivity index (χ1v) is 7.26. The van der Waals surface area contributed by atoms with Gasteiger partial charge in [0, 0.05) is 10.2 Å². The maximum atomic E-state index is 12.2. The van der Waals surface area contributed by atoms with E-state index < -0.39 is 10.8 Å². The van der Waals surface area contributed by atoms with E-state index in [-0.39, 0.29) is 0 Å². The molecule has 1 atom stereocenters. The molecule has 2 aromatic carbocycles. The van der Waals surface area contributed by atoms with Crippen molar-refractivity contribution in [2.45, 2.75) is 10.6 Å². The lowest BCUT2D eigenvalue weighted by Gasteiger charge is -2.06. The van der Waals surface area contributed by atoms with Crippen LogP contribution < -0.4 is 5.73 Å². The van der Waals surface area contributed by atoms with Crippen molar-refractivity contribution in [3.8, 4) is 0 Å². The van der Waals surface area contributed by atoms with Crippen LogP contribution in [0.25, 0.3) is 0 Å². The Morgan fingerprint density at radius 2 is 1.71 bits per heavy atom. The van der Waals surface area contributed by atoms with Crippen LogP contribution in [0.4, 0.5) is 5.69 Å². The van der Waals surface area contributed by atoms with E-state index >= 15 is 0 Å². The maximum Gasteiger partial charge on any atom is 0.0586 e. The van der Waals surface area contributed by atoms with Crippen LogP contribution in [0.1, 0.15) is 5.56 Å². The van der Waals surface area contributed by atoms with Crippen LogP contribution in [0.2, 0.25) is 0 Å². The minimum atomic E-state index is -1.08. The third-order valence-corrected chi connectivity index (χ3v) is 4.80. The van der Waals surface area contributed by atoms with Gasteiger partial charge in [-0.15, -0.1) is 0 Å². The highest BCUT2D eigenvalue weighted by Gasteiger charge is 2.09. The smallest absolute Gasteiger partial charge is 0.0586 e. The predicted molar refractivity (Wildman–Crippen MR) is 75.1 cm³/mol. The van der Waals surface area contributed by atoms with Gasteiger partial charge in [0.05, 0.1) is 21.4 Å². The molecule has 1 unspecified atom stereocenters. The molecular weight excluding hydrogens is 298 g/mol. The van der Waals surface area contributed by atoms with Crippen molar-refractivity contribution in [2.24, 2.45) is 0 Å². The molecule has 4 heteroatoms. The highest BCUT2D eigenvalue weighted by atomic mass is 79.9. The Kier molecular flexibility index (Phi) is 3.97. The first kappa shape index (κ1) is 12.3. The van der Waals surface area contributed by atoms with Gasteiger partial charge in [-0.2, -0.15) is 0 Å². The summed E-state index contributed by atoms with van der Waals surface area (Å²) in [6, 6.07) is 15.1. The highest BCUT2D eigenvalue weighted by Crippen LogP contribution is 2.23. The summed E-state index contributed by atoms with van der Waals surface area (Å²) in [5.74, 6) is 0.440. The molecular formula is C13H12BrNOS. The molecule has 0 spiro atoms. The van der Waals surface area contributed by atoms with E-state index in [2.05, 4.69) is 15.9 Å². The Balaban J connectivity index is 2.24. The van der Waals surface area contributed by atoms with Crippen LogP contribution in [0.3, 0.4) is 0 Å². The number of para-hydroxylation sites is 1. The fraction of sp³-hybridized carbons (Fsp3) is 0.0769. The van der Waals surface area contributed by atoms with Gasteiger partial charge in [-0.3, -0.25) is 4.21 Å². The number of nitrogen functional groups attached to an aromatic ring is 1. The molecule has 17 heavy (non-hydrogen) atoms. The van der Waals surface area contributed by atoms with Crippen molar-refractivity contribution in [1.29, 1.82) is 0 Å². The lowest BCUT2D eigenvalue weighted by atomic mass is 10.2. The Morgan fingerprint density at radius 3 is 2.41 bits per heavy atom. The number of halogens is 1. The van der Waals surface area contributed by atoms with Crippen LogP contribution in [0, 0.1) is 0 Å². The third-order valence-electron chi connectivity index (χ3n) is 2.42. The molecule has 0 aromatic heterocycles. The second-order valence-electron chi connectivity index (χ2n) is 3.62. The minimum absolute atomic E-state index is 0.440. The molecule has 2 aromatic rings. The van der Waals surface area contributed by atoms with Crippen LogP contribution in [-0.2, 0) is 16.6 Å². The third kappa shape index (κ3) is 2.96. The normalized spacial score (nSPS) is 12.3. The molecule has 88 valence electrons. The van der Waals surface area contributed by atoms with E-state index in [0.29, 0.717) is 11.4 Å². The van der Waals surface area contributed by atoms with Gasteiger partial charge in [0.2, 0.25) is 0 Å². The summed E-state index contributed by atoms with van der Waals surface area (Å²) in [4.78, 5) is 0.802. The monoisotopic (exact) mass is 309 g/mol. The maximum absolute atomic E-state index is 12.2. The van der Waals surface area contributed by atoms with Gasteiger partial charge >= 0.3 is 0 Å². The molecule has 0 heterocycles. The van der Waals surface area contributed by atoms with E-state index in [1.165, 1.54) is 0 Å². The molecule has 2 nitrogen and oxygen atoms in total. The van der Waals surface area contributed by atoms with Crippen molar-refractivity contribution in [3.63, 3.8) is 0 Å². The van der Waals surface area contributed by atoms with Crippen molar-refractivity contribution in [3.05, 3.63) is 58.6 Å². The number of hydrogen-bond donors (Lipinski definition) is 1. The summed E-state index contributed by atoms with van der Waals surface area (Å²) in [7, 11) is -1.08. The van der Waals surface area contributed by atoms with E-state index in [1.54, 1.807) is 0 Å². The highest BCUT2D eigenvalue weighted by molar-refractivity contribution is 9.10. The molecule has 0 aliphatic carbocycles. The molecule has 2 N–H and O–H groups in total. The van der Waals surface area contributed by atoms with Crippen LogP contribution in [-0.4, -0.2) is 4.21 Å². The first-order chi connectivity index (χ1) is 8.18. The standard InChI is InChI=1S/C13H12BrNOS/c14-11-6-2-4-8-13(11)17(16)9-10-5-1-3-7-12(10)15/h1-8H,9,15H2. The second-order valence-corrected chi connectivity index (χ2v) is 5.89. The lowest BCUT2D eigenvalue weighted by Crippen LogP contribution is -2.00. The summed E-state index contributed by atoms with van der Waals surface area (Å²) < 4.78 is 13.1. The van der Waals surface area contributed by atoms with Crippen LogP contribution in [0.5, 0.6) is 0 Å². The largest absolute Gasteiger partial charge is 0.398 e. The summed E-state index contributed by atoms with van der Waals surface area (Å²) in [6.07, 6.45) is 0. The van der Waals surface area contributed by atoms with Gasteiger partial charge in [-0.25, -0.2) is 0 Å². The Bertz CT molecular complexity index is 557. The average molecular weight is 310 g/mol. The van der Waals surface area contributed by atoms with Crippen molar-refractivity contribution in [1.82, 2.24) is 0 Å².